The van der Waals surface area contributed by atoms with E-state index in [-0.39, 0.29) is 44.6 Å². The topological polar surface area (TPSA) is 75.9 Å². The molecule has 1 aromatic rings. The van der Waals surface area contributed by atoms with Gasteiger partial charge in [-0.1, -0.05) is 0 Å². The average Bonchev–Trinajstić information content (AvgIpc) is 2.69. The number of nitrogens with two attached hydrogens (primary N) is 1. The highest BCUT2D eigenvalue weighted by Gasteiger charge is 2.51. The number of amides is 3. The lowest BCUT2D eigenvalue weighted by atomic mass is 9.81. The SMILES string of the molecule is CC1(C[C@H]2CC[C@H](C(F)(F)F)OC2)C(=O)N(c2ccc(F)c(C(F)(F)F)c2)CCN1C(N)=O. The van der Waals surface area contributed by atoms with Crippen LogP contribution in [0.3, 0.4) is 0 Å². The normalized spacial score (nSPS) is 27.1. The molecule has 33 heavy (non-hydrogen) atoms. The molecule has 3 amide bonds. The fourth-order valence-corrected chi connectivity index (χ4v) is 4.44. The summed E-state index contributed by atoms with van der Waals surface area (Å²) in [4.78, 5) is 27.4. The van der Waals surface area contributed by atoms with Crippen LogP contribution in [0.2, 0.25) is 0 Å². The number of piperazine rings is 1. The Balaban J connectivity index is 1.87. The molecular weight excluding hydrogens is 463 g/mol. The lowest BCUT2D eigenvalue weighted by Crippen LogP contribution is -2.68. The highest BCUT2D eigenvalue weighted by atomic mass is 19.4. The maximum absolute atomic E-state index is 13.7. The van der Waals surface area contributed by atoms with Gasteiger partial charge in [-0.25, -0.2) is 9.18 Å². The summed E-state index contributed by atoms with van der Waals surface area (Å²) in [7, 11) is 0. The number of hydrogen-bond donors (Lipinski definition) is 1. The molecule has 0 aromatic heterocycles. The first-order valence-electron chi connectivity index (χ1n) is 10.1. The van der Waals surface area contributed by atoms with Gasteiger partial charge in [0.1, 0.15) is 11.4 Å². The molecule has 2 aliphatic heterocycles. The van der Waals surface area contributed by atoms with Crippen molar-refractivity contribution in [1.29, 1.82) is 0 Å². The Morgan fingerprint density at radius 1 is 1.18 bits per heavy atom. The summed E-state index contributed by atoms with van der Waals surface area (Å²) in [5.41, 5.74) is 2.00. The minimum absolute atomic E-state index is 0.0639. The monoisotopic (exact) mass is 485 g/mol. The molecule has 1 unspecified atom stereocenters. The third-order valence-corrected chi connectivity index (χ3v) is 6.10. The first kappa shape index (κ1) is 25.1. The Morgan fingerprint density at radius 3 is 2.36 bits per heavy atom. The molecule has 6 nitrogen and oxygen atoms in total. The summed E-state index contributed by atoms with van der Waals surface area (Å²) in [5, 5.41) is 0. The van der Waals surface area contributed by atoms with Gasteiger partial charge in [0.2, 0.25) is 0 Å². The van der Waals surface area contributed by atoms with Crippen molar-refractivity contribution >= 4 is 17.6 Å². The highest BCUT2D eigenvalue weighted by molar-refractivity contribution is 6.03. The van der Waals surface area contributed by atoms with Gasteiger partial charge in [-0.3, -0.25) is 4.79 Å². The van der Waals surface area contributed by atoms with E-state index >= 15 is 0 Å². The number of halogens is 7. The summed E-state index contributed by atoms with van der Waals surface area (Å²) >= 11 is 0. The van der Waals surface area contributed by atoms with E-state index in [0.717, 1.165) is 15.9 Å². The van der Waals surface area contributed by atoms with E-state index in [2.05, 4.69) is 0 Å². The number of urea groups is 1. The van der Waals surface area contributed by atoms with Gasteiger partial charge in [0.05, 0.1) is 12.2 Å². The van der Waals surface area contributed by atoms with Crippen LogP contribution >= 0.6 is 0 Å². The minimum atomic E-state index is -4.99. The molecule has 2 N–H and O–H groups in total. The maximum atomic E-state index is 13.7. The second kappa shape index (κ2) is 8.65. The van der Waals surface area contributed by atoms with Crippen LogP contribution in [0, 0.1) is 11.7 Å². The Kier molecular flexibility index (Phi) is 6.57. The molecule has 1 aromatic carbocycles. The minimum Gasteiger partial charge on any atom is -0.368 e. The van der Waals surface area contributed by atoms with E-state index in [4.69, 9.17) is 10.5 Å². The van der Waals surface area contributed by atoms with Crippen LogP contribution in [0.5, 0.6) is 0 Å². The predicted molar refractivity (Wildman–Crippen MR) is 102 cm³/mol. The van der Waals surface area contributed by atoms with Gasteiger partial charge in [0.15, 0.2) is 6.10 Å². The number of ether oxygens (including phenoxy) is 1. The van der Waals surface area contributed by atoms with Crippen LogP contribution in [0.25, 0.3) is 0 Å². The van der Waals surface area contributed by atoms with Crippen molar-refractivity contribution in [2.24, 2.45) is 11.7 Å². The smallest absolute Gasteiger partial charge is 0.368 e. The largest absolute Gasteiger partial charge is 0.419 e. The van der Waals surface area contributed by atoms with E-state index in [1.54, 1.807) is 0 Å². The molecule has 3 atom stereocenters. The van der Waals surface area contributed by atoms with Gasteiger partial charge in [-0.2, -0.15) is 26.3 Å². The second-order valence-electron chi connectivity index (χ2n) is 8.39. The molecule has 0 saturated carbocycles. The molecular formula is C20H22F7N3O3. The third-order valence-electron chi connectivity index (χ3n) is 6.10. The quantitative estimate of drug-likeness (QED) is 0.656. The van der Waals surface area contributed by atoms with Crippen molar-refractivity contribution < 1.29 is 45.1 Å². The summed E-state index contributed by atoms with van der Waals surface area (Å²) in [6, 6.07) is 1.16. The Labute approximate surface area is 184 Å². The third kappa shape index (κ3) is 5.02. The zero-order valence-corrected chi connectivity index (χ0v) is 17.5. The Hall–Kier alpha value is -2.57. The van der Waals surface area contributed by atoms with E-state index in [9.17, 15) is 40.3 Å². The molecule has 2 saturated heterocycles. The van der Waals surface area contributed by atoms with E-state index in [1.807, 2.05) is 0 Å². The number of benzene rings is 1. The Morgan fingerprint density at radius 2 is 1.85 bits per heavy atom. The first-order chi connectivity index (χ1) is 15.1. The van der Waals surface area contributed by atoms with Crippen LogP contribution in [-0.4, -0.2) is 54.4 Å². The average molecular weight is 485 g/mol. The van der Waals surface area contributed by atoms with Crippen LogP contribution in [0.15, 0.2) is 18.2 Å². The number of hydrogen-bond acceptors (Lipinski definition) is 3. The van der Waals surface area contributed by atoms with Crippen LogP contribution < -0.4 is 10.6 Å². The molecule has 0 aliphatic carbocycles. The molecule has 2 heterocycles. The number of carbonyl (C=O) groups is 2. The number of alkyl halides is 6. The van der Waals surface area contributed by atoms with Crippen molar-refractivity contribution in [2.45, 2.75) is 50.2 Å². The predicted octanol–water partition coefficient (Wildman–Crippen LogP) is 4.08. The lowest BCUT2D eigenvalue weighted by Gasteiger charge is -2.48. The first-order valence-corrected chi connectivity index (χ1v) is 10.1. The van der Waals surface area contributed by atoms with E-state index in [1.165, 1.54) is 6.92 Å². The summed E-state index contributed by atoms with van der Waals surface area (Å²) in [6.07, 6.45) is -11.8. The number of primary amides is 1. The van der Waals surface area contributed by atoms with Gasteiger partial charge in [-0.15, -0.1) is 0 Å². The zero-order chi connectivity index (χ0) is 24.8. The zero-order valence-electron chi connectivity index (χ0n) is 17.5. The number of nitrogens with zero attached hydrogens (tertiary/aromatic N) is 2. The van der Waals surface area contributed by atoms with Crippen molar-refractivity contribution in [3.8, 4) is 0 Å². The number of anilines is 1. The van der Waals surface area contributed by atoms with Crippen LogP contribution in [0.4, 0.5) is 41.2 Å². The van der Waals surface area contributed by atoms with Crippen molar-refractivity contribution in [3.05, 3.63) is 29.6 Å². The van der Waals surface area contributed by atoms with Gasteiger partial charge in [0, 0.05) is 18.8 Å². The van der Waals surface area contributed by atoms with Crippen molar-refractivity contribution in [2.75, 3.05) is 24.6 Å². The Bertz CT molecular complexity index is 913. The summed E-state index contributed by atoms with van der Waals surface area (Å²) in [6.45, 7) is 0.720. The number of carbonyl (C=O) groups excluding carboxylic acids is 2. The van der Waals surface area contributed by atoms with Gasteiger partial charge in [0.25, 0.3) is 5.91 Å². The van der Waals surface area contributed by atoms with Crippen molar-refractivity contribution in [1.82, 2.24) is 4.90 Å². The highest BCUT2D eigenvalue weighted by Crippen LogP contribution is 2.39. The second-order valence-corrected chi connectivity index (χ2v) is 8.39. The standard InChI is InChI=1S/C20H22F7N3O3/c1-18(9-11-2-5-15(33-10-11)20(25,26)27)16(31)29(6-7-30(18)17(28)32)12-3-4-14(21)13(8-12)19(22,23)24/h3-4,8,11,15H,2,5-7,9-10H2,1H3,(H2,28,32)/t11-,15-,18?/m1/s1. The maximum Gasteiger partial charge on any atom is 0.419 e. The summed E-state index contributed by atoms with van der Waals surface area (Å²) < 4.78 is 96.5. The number of rotatable bonds is 3. The molecule has 0 spiro atoms. The van der Waals surface area contributed by atoms with E-state index in [0.29, 0.717) is 12.1 Å². The summed E-state index contributed by atoms with van der Waals surface area (Å²) in [5.74, 6) is -2.81. The lowest BCUT2D eigenvalue weighted by molar-refractivity contribution is -0.236. The molecule has 2 fully saturated rings. The molecule has 0 bridgehead atoms. The molecule has 0 radical (unpaired) electrons. The van der Waals surface area contributed by atoms with Crippen LogP contribution in [-0.2, 0) is 15.7 Å². The van der Waals surface area contributed by atoms with Crippen molar-refractivity contribution in [3.63, 3.8) is 0 Å². The van der Waals surface area contributed by atoms with Gasteiger partial charge < -0.3 is 20.3 Å². The fraction of sp³-hybridized carbons (Fsp3) is 0.600. The van der Waals surface area contributed by atoms with Crippen LogP contribution in [0.1, 0.15) is 31.7 Å². The molecule has 13 heteroatoms. The van der Waals surface area contributed by atoms with E-state index < -0.39 is 53.2 Å². The molecule has 3 rings (SSSR count). The molecule has 2 aliphatic rings. The van der Waals surface area contributed by atoms with Gasteiger partial charge >= 0.3 is 18.4 Å². The fourth-order valence-electron chi connectivity index (χ4n) is 4.44. The van der Waals surface area contributed by atoms with Gasteiger partial charge in [-0.05, 0) is 50.3 Å². The molecule has 184 valence electrons.